The van der Waals surface area contributed by atoms with E-state index in [1.54, 1.807) is 0 Å². The lowest BCUT2D eigenvalue weighted by molar-refractivity contribution is -0.671. The van der Waals surface area contributed by atoms with Gasteiger partial charge in [-0.25, -0.2) is 4.57 Å². The van der Waals surface area contributed by atoms with E-state index in [0.29, 0.717) is 0 Å². The molecule has 3 atom stereocenters. The molecule has 2 aliphatic rings. The first-order valence-electron chi connectivity index (χ1n) is 6.74. The van der Waals surface area contributed by atoms with Gasteiger partial charge in [0.25, 0.3) is 0 Å². The zero-order valence-electron chi connectivity index (χ0n) is 12.1. The van der Waals surface area contributed by atoms with Crippen LogP contribution in [0.5, 0.6) is 0 Å². The molecular formula is C14H17N3O3S. The topological polar surface area (TPSA) is 76.4 Å². The van der Waals surface area contributed by atoms with E-state index >= 15 is 0 Å². The van der Waals surface area contributed by atoms with Crippen LogP contribution in [0.3, 0.4) is 0 Å². The summed E-state index contributed by atoms with van der Waals surface area (Å²) in [6.07, 6.45) is 3.78. The van der Waals surface area contributed by atoms with Crippen molar-refractivity contribution in [3.8, 4) is 0 Å². The second-order valence-corrected chi connectivity index (χ2v) is 7.72. The van der Waals surface area contributed by atoms with E-state index in [9.17, 15) is 14.7 Å². The zero-order chi connectivity index (χ0) is 15.4. The Kier molecular flexibility index (Phi) is 3.12. The van der Waals surface area contributed by atoms with Crippen molar-refractivity contribution in [3.05, 3.63) is 24.5 Å². The molecule has 0 radical (unpaired) electrons. The number of hydrogen-bond acceptors (Lipinski definition) is 5. The standard InChI is InChI=1S/C14H17N3O3S/c1-14(2)10(13(19)20)17-11(18)9(12(17)21-14)15-8-4-6-16(3)7-5-8/h4-7,9-10,12H,1-3H3,(H,19,20)/t9?,10-,12?/m0/s1. The molecule has 2 unspecified atom stereocenters. The minimum Gasteiger partial charge on any atom is -0.548 e. The number of fused-ring (bicyclic) bond motifs is 1. The number of carboxylic acids is 1. The van der Waals surface area contributed by atoms with Gasteiger partial charge in [0, 0.05) is 22.6 Å². The molecule has 21 heavy (non-hydrogen) atoms. The average Bonchev–Trinajstić information content (AvgIpc) is 2.66. The normalized spacial score (nSPS) is 29.8. The maximum absolute atomic E-state index is 12.3. The van der Waals surface area contributed by atoms with Crippen LogP contribution in [-0.2, 0) is 16.6 Å². The summed E-state index contributed by atoms with van der Waals surface area (Å²) in [4.78, 5) is 25.0. The summed E-state index contributed by atoms with van der Waals surface area (Å²) in [5, 5.41) is 14.3. The van der Waals surface area contributed by atoms with Crippen molar-refractivity contribution in [2.45, 2.75) is 36.1 Å². The highest BCUT2D eigenvalue weighted by molar-refractivity contribution is 8.01. The summed E-state index contributed by atoms with van der Waals surface area (Å²) in [5.74, 6) is -1.37. The molecule has 0 spiro atoms. The number of carbonyl (C=O) groups excluding carboxylic acids is 2. The lowest BCUT2D eigenvalue weighted by Crippen LogP contribution is -2.69. The molecule has 1 N–H and O–H groups in total. The first kappa shape index (κ1) is 14.2. The van der Waals surface area contributed by atoms with Crippen molar-refractivity contribution >= 4 is 29.3 Å². The molecule has 3 rings (SSSR count). The van der Waals surface area contributed by atoms with E-state index in [1.165, 1.54) is 16.7 Å². The van der Waals surface area contributed by atoms with Crippen molar-refractivity contribution in [1.82, 2.24) is 4.90 Å². The fraction of sp³-hybridized carbons (Fsp3) is 0.500. The predicted molar refractivity (Wildman–Crippen MR) is 76.1 cm³/mol. The highest BCUT2D eigenvalue weighted by Gasteiger charge is 2.61. The molecule has 3 heterocycles. The molecule has 6 nitrogen and oxygen atoms in total. The quantitative estimate of drug-likeness (QED) is 0.579. The maximum atomic E-state index is 12.3. The molecule has 1 aromatic heterocycles. The van der Waals surface area contributed by atoms with Crippen LogP contribution in [0.25, 0.3) is 0 Å². The number of aryl methyl sites for hydroxylation is 1. The van der Waals surface area contributed by atoms with Crippen LogP contribution in [0, 0.1) is 0 Å². The number of rotatable bonds is 3. The predicted octanol–water partition coefficient (Wildman–Crippen LogP) is -0.896. The van der Waals surface area contributed by atoms with E-state index in [2.05, 4.69) is 5.32 Å². The number of aromatic nitrogens is 1. The average molecular weight is 307 g/mol. The molecule has 0 aromatic carbocycles. The fourth-order valence-corrected chi connectivity index (χ4v) is 4.52. The van der Waals surface area contributed by atoms with Gasteiger partial charge in [-0.3, -0.25) is 4.79 Å². The van der Waals surface area contributed by atoms with Gasteiger partial charge < -0.3 is 20.1 Å². The van der Waals surface area contributed by atoms with Crippen molar-refractivity contribution in [2.24, 2.45) is 7.05 Å². The molecule has 2 saturated heterocycles. The third-order valence-electron chi connectivity index (χ3n) is 3.96. The molecule has 0 saturated carbocycles. The summed E-state index contributed by atoms with van der Waals surface area (Å²) in [6.45, 7) is 3.67. The van der Waals surface area contributed by atoms with Gasteiger partial charge in [0.2, 0.25) is 5.91 Å². The van der Waals surface area contributed by atoms with Gasteiger partial charge in [0.1, 0.15) is 18.5 Å². The summed E-state index contributed by atoms with van der Waals surface area (Å²) >= 11 is 1.50. The zero-order valence-corrected chi connectivity index (χ0v) is 12.9. The smallest absolute Gasteiger partial charge is 0.249 e. The van der Waals surface area contributed by atoms with E-state index in [0.717, 1.165) is 5.69 Å². The first-order chi connectivity index (χ1) is 9.81. The Labute approximate surface area is 127 Å². The van der Waals surface area contributed by atoms with E-state index < -0.39 is 16.8 Å². The molecule has 0 bridgehead atoms. The van der Waals surface area contributed by atoms with Gasteiger partial charge in [-0.1, -0.05) is 0 Å². The molecule has 7 heteroatoms. The number of nitrogens with one attached hydrogen (secondary N) is 1. The number of carbonyl (C=O) groups is 2. The number of carboxylic acid groups (broad SMARTS) is 1. The van der Waals surface area contributed by atoms with Gasteiger partial charge in [-0.05, 0) is 13.8 Å². The van der Waals surface area contributed by atoms with Crippen molar-refractivity contribution < 1.29 is 19.3 Å². The second-order valence-electron chi connectivity index (χ2n) is 5.95. The molecule has 2 aliphatic heterocycles. The Morgan fingerprint density at radius 2 is 2.05 bits per heavy atom. The number of aliphatic carboxylic acids is 1. The fourth-order valence-electron chi connectivity index (χ4n) is 2.90. The Balaban J connectivity index is 1.78. The maximum Gasteiger partial charge on any atom is 0.249 e. The van der Waals surface area contributed by atoms with Crippen LogP contribution in [0.1, 0.15) is 13.8 Å². The lowest BCUT2D eigenvalue weighted by atomic mass is 9.96. The molecule has 1 amide bonds. The van der Waals surface area contributed by atoms with Crippen LogP contribution in [0.15, 0.2) is 24.5 Å². The number of pyridine rings is 1. The summed E-state index contributed by atoms with van der Waals surface area (Å²) in [6, 6.07) is 2.52. The Bertz CT molecular complexity index is 602. The van der Waals surface area contributed by atoms with E-state index in [-0.39, 0.29) is 17.3 Å². The molecule has 0 aliphatic carbocycles. The van der Waals surface area contributed by atoms with E-state index in [4.69, 9.17) is 0 Å². The highest BCUT2D eigenvalue weighted by Crippen LogP contribution is 2.51. The Morgan fingerprint density at radius 1 is 1.43 bits per heavy atom. The number of β-lactam (4-membered cyclic amide) rings is 1. The third-order valence-corrected chi connectivity index (χ3v) is 5.54. The van der Waals surface area contributed by atoms with Crippen LogP contribution < -0.4 is 15.0 Å². The van der Waals surface area contributed by atoms with Crippen LogP contribution in [0.4, 0.5) is 5.69 Å². The Morgan fingerprint density at radius 3 is 2.62 bits per heavy atom. The molecular weight excluding hydrogens is 290 g/mol. The lowest BCUT2D eigenvalue weighted by Gasteiger charge is -2.45. The minimum absolute atomic E-state index is 0.163. The SMILES string of the molecule is C[n+]1ccc(NC2C(=O)N3C2SC(C)(C)[C@@H]3C(=O)[O-])cc1. The highest BCUT2D eigenvalue weighted by atomic mass is 32.2. The van der Waals surface area contributed by atoms with Gasteiger partial charge in [-0.15, -0.1) is 11.8 Å². The van der Waals surface area contributed by atoms with Crippen LogP contribution in [0.2, 0.25) is 0 Å². The largest absolute Gasteiger partial charge is 0.548 e. The number of nitrogens with zero attached hydrogens (tertiary/aromatic N) is 2. The van der Waals surface area contributed by atoms with Crippen LogP contribution >= 0.6 is 11.8 Å². The van der Waals surface area contributed by atoms with Crippen molar-refractivity contribution in [2.75, 3.05) is 5.32 Å². The third kappa shape index (κ3) is 2.16. The number of anilines is 1. The summed E-state index contributed by atoms with van der Waals surface area (Å²) in [7, 11) is 1.92. The molecule has 2 fully saturated rings. The van der Waals surface area contributed by atoms with Gasteiger partial charge in [0.05, 0.1) is 12.0 Å². The first-order valence-corrected chi connectivity index (χ1v) is 7.62. The van der Waals surface area contributed by atoms with Crippen molar-refractivity contribution in [1.29, 1.82) is 0 Å². The van der Waals surface area contributed by atoms with Crippen molar-refractivity contribution in [3.63, 3.8) is 0 Å². The van der Waals surface area contributed by atoms with E-state index in [1.807, 2.05) is 50.0 Å². The van der Waals surface area contributed by atoms with Crippen LogP contribution in [-0.4, -0.2) is 39.0 Å². The molecule has 112 valence electrons. The number of hydrogen-bond donors (Lipinski definition) is 1. The monoisotopic (exact) mass is 307 g/mol. The number of thioether (sulfide) groups is 1. The van der Waals surface area contributed by atoms with Gasteiger partial charge in [0.15, 0.2) is 12.4 Å². The van der Waals surface area contributed by atoms with Gasteiger partial charge >= 0.3 is 0 Å². The summed E-state index contributed by atoms with van der Waals surface area (Å²) in [5.41, 5.74) is 0.849. The minimum atomic E-state index is -1.19. The summed E-state index contributed by atoms with van der Waals surface area (Å²) < 4.78 is 1.36. The Hall–Kier alpha value is -1.76. The molecule has 1 aromatic rings. The second kappa shape index (κ2) is 4.62. The number of amides is 1. The van der Waals surface area contributed by atoms with Gasteiger partial charge in [-0.2, -0.15) is 0 Å².